The van der Waals surface area contributed by atoms with Crippen LogP contribution in [-0.2, 0) is 0 Å². The van der Waals surface area contributed by atoms with Crippen LogP contribution in [0.15, 0.2) is 64.2 Å². The Morgan fingerprint density at radius 2 is 2.03 bits per heavy atom. The summed E-state index contributed by atoms with van der Waals surface area (Å²) in [5.41, 5.74) is 6.04. The molecule has 0 fully saturated rings. The van der Waals surface area contributed by atoms with E-state index in [0.29, 0.717) is 22.4 Å². The first kappa shape index (κ1) is 22.1. The average molecular weight is 461 g/mol. The lowest BCUT2D eigenvalue weighted by Crippen LogP contribution is -1.94. The van der Waals surface area contributed by atoms with Crippen LogP contribution in [0.1, 0.15) is 36.9 Å². The summed E-state index contributed by atoms with van der Waals surface area (Å²) in [5.74, 6) is 1.29. The van der Waals surface area contributed by atoms with Crippen LogP contribution in [0.25, 0.3) is 16.9 Å². The van der Waals surface area contributed by atoms with Crippen molar-refractivity contribution in [3.05, 3.63) is 76.9 Å². The van der Waals surface area contributed by atoms with Crippen LogP contribution >= 0.6 is 11.6 Å². The molecular formula is C24H21ClN6O2. The maximum absolute atomic E-state index is 9.32. The van der Waals surface area contributed by atoms with Gasteiger partial charge in [0, 0.05) is 23.2 Å². The number of nitriles is 1. The average Bonchev–Trinajstić information content (AvgIpc) is 3.44. The highest BCUT2D eigenvalue weighted by molar-refractivity contribution is 6.32. The van der Waals surface area contributed by atoms with E-state index in [4.69, 9.17) is 25.9 Å². The summed E-state index contributed by atoms with van der Waals surface area (Å²) >= 11 is 6.35. The van der Waals surface area contributed by atoms with Gasteiger partial charge in [-0.15, -0.1) is 0 Å². The first-order chi connectivity index (χ1) is 16.0. The maximum atomic E-state index is 9.32. The van der Waals surface area contributed by atoms with Crippen molar-refractivity contribution in [1.82, 2.24) is 14.8 Å². The number of methoxy groups -OCH3 is 1. The van der Waals surface area contributed by atoms with Crippen molar-refractivity contribution >= 4 is 23.7 Å². The predicted octanol–water partition coefficient (Wildman–Crippen LogP) is 5.63. The zero-order chi connectivity index (χ0) is 23.4. The molecule has 2 aromatic heterocycles. The molecule has 8 nitrogen and oxygen atoms in total. The first-order valence-corrected chi connectivity index (χ1v) is 10.6. The number of rotatable bonds is 7. The molecule has 2 heterocycles. The zero-order valence-corrected chi connectivity index (χ0v) is 19.0. The summed E-state index contributed by atoms with van der Waals surface area (Å²) in [6.07, 6.45) is 3.47. The Morgan fingerprint density at radius 3 is 2.70 bits per heavy atom. The zero-order valence-electron chi connectivity index (χ0n) is 18.3. The second kappa shape index (κ2) is 9.59. The van der Waals surface area contributed by atoms with Crippen LogP contribution in [-0.4, -0.2) is 28.1 Å². The molecule has 0 radical (unpaired) electrons. The van der Waals surface area contributed by atoms with Gasteiger partial charge in [-0.05, 0) is 30.3 Å². The monoisotopic (exact) mass is 460 g/mol. The number of benzene rings is 2. The molecule has 0 atom stereocenters. The van der Waals surface area contributed by atoms with Crippen LogP contribution in [0.2, 0.25) is 5.02 Å². The van der Waals surface area contributed by atoms with E-state index < -0.39 is 0 Å². The van der Waals surface area contributed by atoms with Gasteiger partial charge in [0.25, 0.3) is 5.88 Å². The summed E-state index contributed by atoms with van der Waals surface area (Å²) in [5, 5.41) is 18.8. The van der Waals surface area contributed by atoms with Crippen molar-refractivity contribution in [3.63, 3.8) is 0 Å². The van der Waals surface area contributed by atoms with Gasteiger partial charge in [-0.25, -0.2) is 15.1 Å². The van der Waals surface area contributed by atoms with E-state index in [-0.39, 0.29) is 17.5 Å². The lowest BCUT2D eigenvalue weighted by atomic mass is 10.1. The number of hydrogen-bond acceptors (Lipinski definition) is 7. The molecule has 166 valence electrons. The van der Waals surface area contributed by atoms with Crippen molar-refractivity contribution in [3.8, 4) is 28.8 Å². The van der Waals surface area contributed by atoms with Gasteiger partial charge in [-0.1, -0.05) is 43.6 Å². The Labute approximate surface area is 196 Å². The van der Waals surface area contributed by atoms with E-state index in [0.717, 1.165) is 16.8 Å². The molecule has 2 aromatic carbocycles. The quantitative estimate of drug-likeness (QED) is 0.283. The number of para-hydroxylation sites is 1. The minimum atomic E-state index is 0.0483. The lowest BCUT2D eigenvalue weighted by molar-refractivity contribution is 0.415. The van der Waals surface area contributed by atoms with Gasteiger partial charge < -0.3 is 9.15 Å². The number of hydrogen-bond donors (Lipinski definition) is 1. The topological polar surface area (TPSA) is 101 Å². The summed E-state index contributed by atoms with van der Waals surface area (Å²) in [6.45, 7) is 3.87. The van der Waals surface area contributed by atoms with E-state index >= 15 is 0 Å². The van der Waals surface area contributed by atoms with Crippen molar-refractivity contribution < 1.29 is 9.15 Å². The Balaban J connectivity index is 1.70. The number of ether oxygens (including phenoxy) is 1. The van der Waals surface area contributed by atoms with Gasteiger partial charge in [0.05, 0.1) is 24.0 Å². The van der Waals surface area contributed by atoms with E-state index in [1.54, 1.807) is 30.1 Å². The molecular weight excluding hydrogens is 440 g/mol. The van der Waals surface area contributed by atoms with Crippen molar-refractivity contribution in [2.75, 3.05) is 12.5 Å². The number of anilines is 1. The Kier molecular flexibility index (Phi) is 6.43. The third-order valence-corrected chi connectivity index (χ3v) is 5.10. The molecule has 9 heteroatoms. The molecule has 0 unspecified atom stereocenters. The second-order valence-corrected chi connectivity index (χ2v) is 7.84. The molecule has 4 rings (SSSR count). The molecule has 4 aromatic rings. The molecule has 1 N–H and O–H groups in total. The third kappa shape index (κ3) is 4.73. The van der Waals surface area contributed by atoms with Crippen LogP contribution < -0.4 is 10.2 Å². The number of nitrogens with zero attached hydrogens (tertiary/aromatic N) is 5. The summed E-state index contributed by atoms with van der Waals surface area (Å²) in [6, 6.07) is 17.2. The maximum Gasteiger partial charge on any atom is 0.252 e. The highest BCUT2D eigenvalue weighted by Crippen LogP contribution is 2.31. The van der Waals surface area contributed by atoms with Gasteiger partial charge >= 0.3 is 0 Å². The van der Waals surface area contributed by atoms with E-state index in [9.17, 15) is 5.26 Å². The minimum absolute atomic E-state index is 0.0483. The van der Waals surface area contributed by atoms with Gasteiger partial charge in [0.2, 0.25) is 11.6 Å². The fourth-order valence-corrected chi connectivity index (χ4v) is 3.39. The van der Waals surface area contributed by atoms with E-state index in [1.807, 2.05) is 62.5 Å². The van der Waals surface area contributed by atoms with Crippen molar-refractivity contribution in [2.24, 2.45) is 5.10 Å². The summed E-state index contributed by atoms with van der Waals surface area (Å²) in [7, 11) is 1.57. The van der Waals surface area contributed by atoms with E-state index in [2.05, 4.69) is 15.5 Å². The number of halogens is 1. The summed E-state index contributed by atoms with van der Waals surface area (Å²) in [4.78, 5) is 4.18. The number of nitrogens with one attached hydrogen (secondary N) is 1. The van der Waals surface area contributed by atoms with Crippen LogP contribution in [0.5, 0.6) is 5.75 Å². The normalized spacial score (nSPS) is 11.2. The lowest BCUT2D eigenvalue weighted by Gasteiger charge is -2.05. The SMILES string of the molecule is COc1ccc(-c2nn(-c3ccccc3)cc2/C=N/Nc2oc(C(C)C)nc2C#N)cc1Cl. The van der Waals surface area contributed by atoms with Crippen LogP contribution in [0.3, 0.4) is 0 Å². The number of oxazole rings is 1. The van der Waals surface area contributed by atoms with Gasteiger partial charge in [0.1, 0.15) is 17.5 Å². The molecule has 0 spiro atoms. The molecule has 0 saturated heterocycles. The molecule has 33 heavy (non-hydrogen) atoms. The summed E-state index contributed by atoms with van der Waals surface area (Å²) < 4.78 is 12.6. The fraction of sp³-hybridized carbons (Fsp3) is 0.167. The third-order valence-electron chi connectivity index (χ3n) is 4.80. The minimum Gasteiger partial charge on any atom is -0.495 e. The number of hydrazone groups is 1. The molecule has 0 amide bonds. The van der Waals surface area contributed by atoms with E-state index in [1.165, 1.54) is 0 Å². The number of aromatic nitrogens is 3. The Hall–Kier alpha value is -4.09. The van der Waals surface area contributed by atoms with Crippen LogP contribution in [0.4, 0.5) is 5.88 Å². The largest absolute Gasteiger partial charge is 0.495 e. The Bertz CT molecular complexity index is 1330. The fourth-order valence-electron chi connectivity index (χ4n) is 3.13. The second-order valence-electron chi connectivity index (χ2n) is 7.43. The molecule has 0 saturated carbocycles. The van der Waals surface area contributed by atoms with Crippen molar-refractivity contribution in [1.29, 1.82) is 5.26 Å². The van der Waals surface area contributed by atoms with Gasteiger partial charge in [-0.2, -0.15) is 15.5 Å². The predicted molar refractivity (Wildman–Crippen MR) is 127 cm³/mol. The standard InChI is InChI=1S/C24H21ClN6O2/c1-15(2)23-28-20(12-26)24(33-23)29-27-13-17-14-31(18-7-5-4-6-8-18)30-22(17)16-9-10-21(32-3)19(25)11-16/h4-11,13-15,29H,1-3H3/b27-13+. The molecule has 0 aliphatic carbocycles. The molecule has 0 aliphatic rings. The smallest absolute Gasteiger partial charge is 0.252 e. The van der Waals surface area contributed by atoms with Gasteiger partial charge in [0.15, 0.2) is 0 Å². The highest BCUT2D eigenvalue weighted by Gasteiger charge is 2.16. The van der Waals surface area contributed by atoms with Gasteiger partial charge in [-0.3, -0.25) is 0 Å². The molecule has 0 aliphatic heterocycles. The van der Waals surface area contributed by atoms with Crippen LogP contribution in [0, 0.1) is 11.3 Å². The van der Waals surface area contributed by atoms with Crippen molar-refractivity contribution in [2.45, 2.75) is 19.8 Å². The molecule has 0 bridgehead atoms. The highest BCUT2D eigenvalue weighted by atomic mass is 35.5. The first-order valence-electron chi connectivity index (χ1n) is 10.2. The Morgan fingerprint density at radius 1 is 1.24 bits per heavy atom.